The fourth-order valence-corrected chi connectivity index (χ4v) is 4.29. The van der Waals surface area contributed by atoms with Gasteiger partial charge in [0.2, 0.25) is 0 Å². The van der Waals surface area contributed by atoms with Crippen LogP contribution >= 0.6 is 15.9 Å². The SMILES string of the molecule is O=S(=O)(CCCCBr)CC1CCCC1. The Morgan fingerprint density at radius 3 is 2.36 bits per heavy atom. The van der Waals surface area contributed by atoms with E-state index >= 15 is 0 Å². The molecule has 0 amide bonds. The quantitative estimate of drug-likeness (QED) is 0.555. The van der Waals surface area contributed by atoms with Crippen LogP contribution in [0.5, 0.6) is 0 Å². The molecule has 0 aromatic heterocycles. The smallest absolute Gasteiger partial charge is 0.150 e. The average molecular weight is 283 g/mol. The molecule has 0 atom stereocenters. The normalized spacial score (nSPS) is 18.9. The van der Waals surface area contributed by atoms with Gasteiger partial charge in [-0.05, 0) is 31.6 Å². The highest BCUT2D eigenvalue weighted by molar-refractivity contribution is 9.09. The third-order valence-electron chi connectivity index (χ3n) is 2.80. The molecule has 2 nitrogen and oxygen atoms in total. The highest BCUT2D eigenvalue weighted by atomic mass is 79.9. The maximum absolute atomic E-state index is 11.6. The molecule has 0 aliphatic heterocycles. The van der Waals surface area contributed by atoms with Crippen molar-refractivity contribution in [1.82, 2.24) is 0 Å². The van der Waals surface area contributed by atoms with E-state index in [2.05, 4.69) is 15.9 Å². The number of unbranched alkanes of at least 4 members (excludes halogenated alkanes) is 1. The van der Waals surface area contributed by atoms with Gasteiger partial charge in [0, 0.05) is 5.33 Å². The highest BCUT2D eigenvalue weighted by Crippen LogP contribution is 2.26. The largest absolute Gasteiger partial charge is 0.229 e. The minimum Gasteiger partial charge on any atom is -0.229 e. The van der Waals surface area contributed by atoms with Gasteiger partial charge >= 0.3 is 0 Å². The minimum atomic E-state index is -2.76. The predicted octanol–water partition coefficient (Wildman–Crippen LogP) is 2.77. The summed E-state index contributed by atoms with van der Waals surface area (Å²) in [5.41, 5.74) is 0. The van der Waals surface area contributed by atoms with E-state index in [1.807, 2.05) is 0 Å². The summed E-state index contributed by atoms with van der Waals surface area (Å²) in [6.45, 7) is 0. The number of halogens is 1. The van der Waals surface area contributed by atoms with Crippen LogP contribution in [-0.2, 0) is 9.84 Å². The van der Waals surface area contributed by atoms with Gasteiger partial charge in [-0.2, -0.15) is 0 Å². The van der Waals surface area contributed by atoms with Crippen LogP contribution in [0.3, 0.4) is 0 Å². The maximum Gasteiger partial charge on any atom is 0.150 e. The first-order valence-corrected chi connectivity index (χ1v) is 8.35. The molecule has 0 heterocycles. The lowest BCUT2D eigenvalue weighted by atomic mass is 10.1. The van der Waals surface area contributed by atoms with Crippen LogP contribution in [-0.4, -0.2) is 25.3 Å². The van der Waals surface area contributed by atoms with Crippen LogP contribution in [0.15, 0.2) is 0 Å². The van der Waals surface area contributed by atoms with Gasteiger partial charge in [-0.3, -0.25) is 0 Å². The van der Waals surface area contributed by atoms with Gasteiger partial charge in [-0.1, -0.05) is 28.8 Å². The fourth-order valence-electron chi connectivity index (χ4n) is 2.04. The lowest BCUT2D eigenvalue weighted by Crippen LogP contribution is -2.17. The third-order valence-corrected chi connectivity index (χ3v) is 5.25. The monoisotopic (exact) mass is 282 g/mol. The summed E-state index contributed by atoms with van der Waals surface area (Å²) in [5.74, 6) is 1.29. The van der Waals surface area contributed by atoms with E-state index in [0.29, 0.717) is 17.4 Å². The van der Waals surface area contributed by atoms with Gasteiger partial charge < -0.3 is 0 Å². The Hall–Kier alpha value is 0.430. The van der Waals surface area contributed by atoms with E-state index in [-0.39, 0.29) is 0 Å². The highest BCUT2D eigenvalue weighted by Gasteiger charge is 2.21. The topological polar surface area (TPSA) is 34.1 Å². The van der Waals surface area contributed by atoms with Crippen molar-refractivity contribution in [2.45, 2.75) is 38.5 Å². The zero-order chi connectivity index (χ0) is 10.4. The summed E-state index contributed by atoms with van der Waals surface area (Å²) < 4.78 is 23.3. The summed E-state index contributed by atoms with van der Waals surface area (Å²) in [6.07, 6.45) is 6.46. The minimum absolute atomic E-state index is 0.384. The molecular formula is C10H19BrO2S. The molecule has 1 aliphatic carbocycles. The van der Waals surface area contributed by atoms with Crippen molar-refractivity contribution in [3.63, 3.8) is 0 Å². The second-order valence-corrected chi connectivity index (χ2v) is 7.18. The summed E-state index contributed by atoms with van der Waals surface area (Å²) >= 11 is 3.31. The first-order chi connectivity index (χ1) is 6.64. The van der Waals surface area contributed by atoms with Crippen LogP contribution in [0.2, 0.25) is 0 Å². The van der Waals surface area contributed by atoms with E-state index in [1.165, 1.54) is 12.8 Å². The van der Waals surface area contributed by atoms with Crippen molar-refractivity contribution in [2.24, 2.45) is 5.92 Å². The van der Waals surface area contributed by atoms with Crippen LogP contribution < -0.4 is 0 Å². The number of sulfone groups is 1. The van der Waals surface area contributed by atoms with Crippen LogP contribution in [0.4, 0.5) is 0 Å². The van der Waals surface area contributed by atoms with Gasteiger partial charge in [-0.15, -0.1) is 0 Å². The third kappa shape index (κ3) is 4.78. The first-order valence-electron chi connectivity index (χ1n) is 5.40. The Balaban J connectivity index is 2.26. The molecule has 0 N–H and O–H groups in total. The molecule has 4 heteroatoms. The summed E-state index contributed by atoms with van der Waals surface area (Å²) in [7, 11) is -2.76. The van der Waals surface area contributed by atoms with Crippen LogP contribution in [0.25, 0.3) is 0 Å². The molecule has 0 aromatic carbocycles. The molecule has 0 spiro atoms. The maximum atomic E-state index is 11.6. The molecule has 84 valence electrons. The van der Waals surface area contributed by atoms with Gasteiger partial charge in [0.1, 0.15) is 0 Å². The molecule has 1 fully saturated rings. The average Bonchev–Trinajstić information content (AvgIpc) is 2.56. The Morgan fingerprint density at radius 2 is 1.79 bits per heavy atom. The van der Waals surface area contributed by atoms with E-state index in [9.17, 15) is 8.42 Å². The van der Waals surface area contributed by atoms with Crippen LogP contribution in [0.1, 0.15) is 38.5 Å². The Labute approximate surface area is 95.5 Å². The molecule has 0 unspecified atom stereocenters. The molecular weight excluding hydrogens is 264 g/mol. The molecule has 0 radical (unpaired) electrons. The zero-order valence-electron chi connectivity index (χ0n) is 8.54. The summed E-state index contributed by atoms with van der Waals surface area (Å²) in [5, 5.41) is 0.909. The van der Waals surface area contributed by atoms with E-state index < -0.39 is 9.84 Å². The number of alkyl halides is 1. The summed E-state index contributed by atoms with van der Waals surface area (Å²) in [4.78, 5) is 0. The molecule has 0 saturated heterocycles. The van der Waals surface area contributed by atoms with Crippen molar-refractivity contribution < 1.29 is 8.42 Å². The van der Waals surface area contributed by atoms with Gasteiger partial charge in [0.25, 0.3) is 0 Å². The van der Waals surface area contributed by atoms with Gasteiger partial charge in [-0.25, -0.2) is 8.42 Å². The van der Waals surface area contributed by atoms with Gasteiger partial charge in [0.05, 0.1) is 11.5 Å². The van der Waals surface area contributed by atoms with Crippen molar-refractivity contribution in [3.05, 3.63) is 0 Å². The Bertz CT molecular complexity index is 243. The molecule has 1 aliphatic rings. The Morgan fingerprint density at radius 1 is 1.14 bits per heavy atom. The predicted molar refractivity (Wildman–Crippen MR) is 63.6 cm³/mol. The van der Waals surface area contributed by atoms with E-state index in [0.717, 1.165) is 31.0 Å². The van der Waals surface area contributed by atoms with E-state index in [1.54, 1.807) is 0 Å². The number of hydrogen-bond acceptors (Lipinski definition) is 2. The lowest BCUT2D eigenvalue weighted by Gasteiger charge is -2.09. The lowest BCUT2D eigenvalue weighted by molar-refractivity contribution is 0.556. The molecule has 14 heavy (non-hydrogen) atoms. The molecule has 0 aromatic rings. The molecule has 0 bridgehead atoms. The Kier molecular flexibility index (Phi) is 5.45. The summed E-state index contributed by atoms with van der Waals surface area (Å²) in [6, 6.07) is 0. The second-order valence-electron chi connectivity index (χ2n) is 4.16. The van der Waals surface area contributed by atoms with Crippen LogP contribution in [0, 0.1) is 5.92 Å². The standard InChI is InChI=1S/C10H19BrO2S/c11-7-3-4-8-14(12,13)9-10-5-1-2-6-10/h10H,1-9H2. The van der Waals surface area contributed by atoms with Crippen molar-refractivity contribution >= 4 is 25.8 Å². The molecule has 1 saturated carbocycles. The zero-order valence-corrected chi connectivity index (χ0v) is 10.9. The number of hydrogen-bond donors (Lipinski definition) is 0. The van der Waals surface area contributed by atoms with Crippen molar-refractivity contribution in [2.75, 3.05) is 16.8 Å². The second kappa shape index (κ2) is 6.11. The first kappa shape index (κ1) is 12.5. The molecule has 1 rings (SSSR count). The van der Waals surface area contributed by atoms with Crippen molar-refractivity contribution in [3.8, 4) is 0 Å². The van der Waals surface area contributed by atoms with Gasteiger partial charge in [0.15, 0.2) is 9.84 Å². The van der Waals surface area contributed by atoms with Crippen molar-refractivity contribution in [1.29, 1.82) is 0 Å². The fraction of sp³-hybridized carbons (Fsp3) is 1.00. The van der Waals surface area contributed by atoms with E-state index in [4.69, 9.17) is 0 Å². The number of rotatable bonds is 6.